The van der Waals surface area contributed by atoms with Crippen LogP contribution in [-0.4, -0.2) is 149 Å². The van der Waals surface area contributed by atoms with Gasteiger partial charge in [0.1, 0.15) is 45.5 Å². The van der Waals surface area contributed by atoms with Gasteiger partial charge in [0, 0.05) is 279 Å². The number of nitrogens with zero attached hydrogens (tertiary/aromatic N) is 36. The molecule has 0 N–H and O–H groups in total. The molecule has 0 fully saturated rings. The summed E-state index contributed by atoms with van der Waals surface area (Å²) in [6.45, 7) is 5.05. The molecule has 0 saturated carbocycles. The van der Waals surface area contributed by atoms with Crippen molar-refractivity contribution in [1.29, 1.82) is 0 Å². The van der Waals surface area contributed by atoms with Crippen molar-refractivity contribution in [3.63, 3.8) is 0 Å². The fraction of sp³-hybridized carbons (Fsp3) is 0.200. The number of aryl methyl sites for hydroxylation is 8. The van der Waals surface area contributed by atoms with Crippen LogP contribution in [0.2, 0.25) is 5.02 Å². The van der Waals surface area contributed by atoms with Crippen LogP contribution in [0.15, 0.2) is 216 Å². The van der Waals surface area contributed by atoms with E-state index in [0.29, 0.717) is 68.4 Å². The van der Waals surface area contributed by atoms with E-state index >= 15 is 0 Å². The number of tetrazole rings is 6. The number of halogens is 4. The van der Waals surface area contributed by atoms with E-state index in [1.807, 2.05) is 68.4 Å². The third kappa shape index (κ3) is 28.4. The summed E-state index contributed by atoms with van der Waals surface area (Å²) in [5.41, 5.74) is 7.43. The molecule has 18 rings (SSSR count). The van der Waals surface area contributed by atoms with Crippen LogP contribution in [0, 0.1) is 16.3 Å². The van der Waals surface area contributed by atoms with Crippen molar-refractivity contribution in [1.82, 2.24) is 180 Å². The molecule has 12 aromatic heterocycles. The average Bonchev–Trinajstić information content (AvgIpc) is 1.69. The molecular formula is C75H68BrClFIN36O12Y6-6. The summed E-state index contributed by atoms with van der Waals surface area (Å²) in [5, 5.41) is 90.4. The Morgan fingerprint density at radius 2 is 0.579 bits per heavy atom. The van der Waals surface area contributed by atoms with Crippen LogP contribution in [0.5, 0.6) is 35.3 Å². The van der Waals surface area contributed by atoms with Crippen LogP contribution in [0.3, 0.4) is 0 Å². The molecule has 6 aromatic carbocycles. The van der Waals surface area contributed by atoms with Crippen LogP contribution < -0.4 is 93.2 Å². The molecule has 0 aliphatic rings. The average molecular weight is 2460 g/mol. The Balaban J connectivity index is 0.000000216. The van der Waals surface area contributed by atoms with Crippen molar-refractivity contribution >= 4 is 50.1 Å². The topological polar surface area (TPSA) is 534 Å². The van der Waals surface area contributed by atoms with E-state index in [1.165, 1.54) is 76.1 Å². The summed E-state index contributed by atoms with van der Waals surface area (Å²) in [6.07, 6.45) is 10.0. The van der Waals surface area contributed by atoms with Crippen molar-refractivity contribution in [3.8, 4) is 69.4 Å². The van der Waals surface area contributed by atoms with Crippen molar-refractivity contribution in [2.45, 2.75) is 59.9 Å². The second-order valence-electron chi connectivity index (χ2n) is 26.0. The minimum Gasteiger partial charge on any atom is -0.579 e. The Labute approximate surface area is 927 Å². The Kier molecular flexibility index (Phi) is 44.8. The number of ether oxygens (including phenoxy) is 6. The van der Waals surface area contributed by atoms with Gasteiger partial charge in [0.15, 0.2) is 35.3 Å². The zero-order valence-corrected chi connectivity index (χ0v) is 92.8. The first kappa shape index (κ1) is 111. The first-order valence-corrected chi connectivity index (χ1v) is 39.5. The summed E-state index contributed by atoms with van der Waals surface area (Å²) in [6, 6.07) is 41.7. The third-order valence-electron chi connectivity index (χ3n) is 17.9. The second-order valence-corrected chi connectivity index (χ2v) is 28.4. The van der Waals surface area contributed by atoms with E-state index in [9.17, 15) is 33.2 Å². The number of benzene rings is 6. The molecule has 18 aromatic rings. The summed E-state index contributed by atoms with van der Waals surface area (Å²) in [5.74, 6) is 1.89. The number of aromatic nitrogens is 36. The molecule has 133 heavy (non-hydrogen) atoms. The van der Waals surface area contributed by atoms with E-state index in [4.69, 9.17) is 40.0 Å². The van der Waals surface area contributed by atoms with Gasteiger partial charge in [-0.25, -0.2) is 33.2 Å². The molecule has 12 heterocycles. The summed E-state index contributed by atoms with van der Waals surface area (Å²) >= 11 is 11.8. The Bertz CT molecular complexity index is 6240. The van der Waals surface area contributed by atoms with Gasteiger partial charge in [0.05, 0.1) is 39.7 Å². The van der Waals surface area contributed by atoms with Crippen molar-refractivity contribution in [2.75, 3.05) is 0 Å². The van der Waals surface area contributed by atoms with E-state index < -0.39 is 11.5 Å². The molecule has 6 radical (unpaired) electrons. The molecule has 0 unspecified atom stereocenters. The SMILES string of the molecule is CCc1cccc(-n2nnn(C)c2=O)c1COc1cc[n-]n1.Cc1cccc(-n2nnn(C)c2=O)c1COc1cc[n-]n1.Cn1nnn(-c2cccc(Br)c2COc2cc[n-]n2)c1=O.Cn1nnn(-c2cccc(Cl)c2COc2cc[n-]n2)c1=O.Cn1nnn(-c2cccc(F)c2COc2cc[n-]n2)c1=O.Cn1nnn(-c2cccc(I)c2COc2cc[n-]n2)c1=O.[Y].[Y].[Y].[Y].[Y].[Y]. The van der Waals surface area contributed by atoms with Gasteiger partial charge in [-0.3, -0.25) is 0 Å². The minimum absolute atomic E-state index is 0. The summed E-state index contributed by atoms with van der Waals surface area (Å²) < 4.78 is 63.0. The number of rotatable bonds is 25. The monoisotopic (exact) mass is 2460 g/mol. The van der Waals surface area contributed by atoms with Gasteiger partial charge in [0.25, 0.3) is 0 Å². The van der Waals surface area contributed by atoms with Gasteiger partial charge in [-0.05, 0) is 207 Å². The maximum absolute atomic E-state index is 14.0. The van der Waals surface area contributed by atoms with Gasteiger partial charge in [-0.1, -0.05) is 83.0 Å². The van der Waals surface area contributed by atoms with Gasteiger partial charge < -0.3 is 89.6 Å². The quantitative estimate of drug-likeness (QED) is 0.0741. The molecule has 0 saturated heterocycles. The third-order valence-corrected chi connectivity index (χ3v) is 20.0. The van der Waals surface area contributed by atoms with Crippen LogP contribution in [0.1, 0.15) is 51.4 Å². The standard InChI is InChI=1S/C14H15N6O2.C13H13N6O2.C12H10BrN6O2.C12H10ClN6O2.C12H10FN6O2.C12H10IN6O2.6Y/c1-3-10-5-4-6-12(20-14(21)19(2)17-18-20)11(10)9-22-13-7-8-15-16-13;1-9-4-3-5-11(19-13(20)18(2)16-17-19)10(9)8-21-12-6-7-14-15-12;4*1-18-12(20)19(17-16-18)10-4-2-3-9(13)8(10)7-21-11-5-6-14-15-11;;;;;;/h4-8H,3,9H2,1-2H3;3-7H,8H2,1-2H3;4*2-6H,7H2,1H3;;;;;;/q6*-1;;;;;;. The number of hydrogen-bond donors (Lipinski definition) is 0. The molecule has 0 spiro atoms. The Hall–Kier alpha value is -9.35. The summed E-state index contributed by atoms with van der Waals surface area (Å²) in [4.78, 5) is 71.9. The molecule has 0 atom stereocenters. The Morgan fingerprint density at radius 1 is 0.323 bits per heavy atom. The maximum Gasteiger partial charge on any atom is 0.368 e. The van der Waals surface area contributed by atoms with Crippen LogP contribution in [-0.2, 0) is 285 Å². The maximum atomic E-state index is 14.0. The van der Waals surface area contributed by atoms with Gasteiger partial charge >= 0.3 is 34.1 Å². The molecule has 0 bridgehead atoms. The zero-order chi connectivity index (χ0) is 89.6. The molecule has 58 heteroatoms. The fourth-order valence-corrected chi connectivity index (χ4v) is 12.7. The molecule has 672 valence electrons. The number of hydrogen-bond acceptors (Lipinski definition) is 30. The molecule has 0 amide bonds. The first-order chi connectivity index (χ1) is 61.5. The predicted octanol–water partition coefficient (Wildman–Crippen LogP) is 2.40. The van der Waals surface area contributed by atoms with E-state index in [1.54, 1.807) is 132 Å². The van der Waals surface area contributed by atoms with Crippen molar-refractivity contribution in [2.24, 2.45) is 42.3 Å². The van der Waals surface area contributed by atoms with Gasteiger partial charge in [-0.15, -0.1) is 0 Å². The molecular weight excluding hydrogens is 2390 g/mol. The normalized spacial score (nSPS) is 10.3. The summed E-state index contributed by atoms with van der Waals surface area (Å²) in [7, 11) is 9.19. The molecule has 0 aliphatic heterocycles. The van der Waals surface area contributed by atoms with Gasteiger partial charge in [0.2, 0.25) is 0 Å². The van der Waals surface area contributed by atoms with Gasteiger partial charge in [-0.2, -0.15) is 93.4 Å². The smallest absolute Gasteiger partial charge is 0.368 e. The van der Waals surface area contributed by atoms with Crippen molar-refractivity contribution < 1.29 is 229 Å². The van der Waals surface area contributed by atoms with Crippen molar-refractivity contribution in [3.05, 3.63) is 309 Å². The Morgan fingerprint density at radius 3 is 0.910 bits per heavy atom. The van der Waals surface area contributed by atoms with Crippen LogP contribution in [0.4, 0.5) is 4.39 Å². The van der Waals surface area contributed by atoms with Crippen LogP contribution >= 0.6 is 50.1 Å². The molecule has 48 nitrogen and oxygen atoms in total. The van der Waals surface area contributed by atoms with E-state index in [2.05, 4.69) is 162 Å². The predicted molar refractivity (Wildman–Crippen MR) is 450 cm³/mol. The minimum atomic E-state index is -0.510. The van der Waals surface area contributed by atoms with E-state index in [0.717, 1.165) is 66.6 Å². The van der Waals surface area contributed by atoms with Crippen LogP contribution in [0.25, 0.3) is 34.1 Å². The fourth-order valence-electron chi connectivity index (χ4n) is 11.4. The largest absolute Gasteiger partial charge is 0.579 e. The molecule has 0 aliphatic carbocycles. The second kappa shape index (κ2) is 53.8. The first-order valence-electron chi connectivity index (χ1n) is 37.2. The zero-order valence-electron chi connectivity index (χ0n) is 71.2. The van der Waals surface area contributed by atoms with E-state index in [-0.39, 0.29) is 281 Å².